The number of hydrogen-bond donors (Lipinski definition) is 1. The zero-order valence-corrected chi connectivity index (χ0v) is 13.3. The molecule has 5 heteroatoms. The second-order valence-corrected chi connectivity index (χ2v) is 5.54. The van der Waals surface area contributed by atoms with E-state index in [4.69, 9.17) is 5.73 Å². The molecular weight excluding hydrogens is 321 g/mol. The highest BCUT2D eigenvalue weighted by molar-refractivity contribution is 9.10. The first-order valence-electron chi connectivity index (χ1n) is 6.81. The first-order valence-corrected chi connectivity index (χ1v) is 7.61. The topological polar surface area (TPSA) is 43.8 Å². The van der Waals surface area contributed by atoms with E-state index < -0.39 is 0 Å². The average molecular weight is 340 g/mol. The molecule has 2 N–H and O–H groups in total. The highest BCUT2D eigenvalue weighted by Crippen LogP contribution is 2.27. The zero-order chi connectivity index (χ0) is 14.7. The van der Waals surface area contributed by atoms with Crippen molar-refractivity contribution in [3.05, 3.63) is 51.5 Å². The van der Waals surface area contributed by atoms with Gasteiger partial charge < -0.3 is 5.73 Å². The maximum absolute atomic E-state index is 13.6. The number of aromatic nitrogens is 2. The predicted molar refractivity (Wildman–Crippen MR) is 82.0 cm³/mol. The summed E-state index contributed by atoms with van der Waals surface area (Å²) < 4.78 is 16.0. The smallest absolute Gasteiger partial charge is 0.137 e. The van der Waals surface area contributed by atoms with E-state index in [0.717, 1.165) is 29.9 Å². The fourth-order valence-corrected chi connectivity index (χ4v) is 2.83. The lowest BCUT2D eigenvalue weighted by Crippen LogP contribution is -2.17. The van der Waals surface area contributed by atoms with Gasteiger partial charge in [0.25, 0.3) is 0 Å². The quantitative estimate of drug-likeness (QED) is 0.904. The van der Waals surface area contributed by atoms with Gasteiger partial charge in [-0.05, 0) is 47.0 Å². The third-order valence-corrected chi connectivity index (χ3v) is 4.22. The van der Waals surface area contributed by atoms with Gasteiger partial charge in [0.2, 0.25) is 0 Å². The lowest BCUT2D eigenvalue weighted by Gasteiger charge is -2.15. The van der Waals surface area contributed by atoms with Crippen molar-refractivity contribution in [1.82, 2.24) is 9.78 Å². The minimum atomic E-state index is -0.281. The van der Waals surface area contributed by atoms with Crippen molar-refractivity contribution in [3.63, 3.8) is 0 Å². The van der Waals surface area contributed by atoms with E-state index in [-0.39, 0.29) is 11.9 Å². The third-order valence-electron chi connectivity index (χ3n) is 3.39. The molecule has 0 radical (unpaired) electrons. The maximum Gasteiger partial charge on any atom is 0.137 e. The van der Waals surface area contributed by atoms with Crippen LogP contribution in [-0.2, 0) is 19.4 Å². The zero-order valence-electron chi connectivity index (χ0n) is 11.7. The molecule has 20 heavy (non-hydrogen) atoms. The molecule has 2 rings (SSSR count). The molecule has 1 atom stereocenters. The minimum Gasteiger partial charge on any atom is -0.324 e. The molecule has 0 saturated carbocycles. The molecule has 0 spiro atoms. The van der Waals surface area contributed by atoms with E-state index in [1.54, 1.807) is 6.07 Å². The molecule has 1 heterocycles. The Labute approximate surface area is 127 Å². The van der Waals surface area contributed by atoms with Crippen LogP contribution in [0.2, 0.25) is 0 Å². The Kier molecular flexibility index (Phi) is 4.94. The van der Waals surface area contributed by atoms with Gasteiger partial charge in [-0.2, -0.15) is 5.10 Å². The van der Waals surface area contributed by atoms with Gasteiger partial charge in [-0.1, -0.05) is 19.1 Å². The van der Waals surface area contributed by atoms with E-state index >= 15 is 0 Å². The molecule has 3 nitrogen and oxygen atoms in total. The Morgan fingerprint density at radius 3 is 2.80 bits per heavy atom. The number of hydrogen-bond acceptors (Lipinski definition) is 2. The maximum atomic E-state index is 13.6. The van der Waals surface area contributed by atoms with Gasteiger partial charge in [0.05, 0.1) is 10.2 Å². The number of aryl methyl sites for hydroxylation is 2. The highest BCUT2D eigenvalue weighted by atomic mass is 79.9. The lowest BCUT2D eigenvalue weighted by molar-refractivity contribution is 0.578. The molecule has 108 valence electrons. The molecule has 2 aromatic rings. The summed E-state index contributed by atoms with van der Waals surface area (Å²) in [6.45, 7) is 4.95. The molecule has 1 aromatic carbocycles. The normalized spacial score (nSPS) is 12.7. The fourth-order valence-electron chi connectivity index (χ4n) is 2.27. The summed E-state index contributed by atoms with van der Waals surface area (Å²) in [7, 11) is 0. The number of nitrogens with zero attached hydrogens (tertiary/aromatic N) is 2. The second-order valence-electron chi connectivity index (χ2n) is 4.75. The summed E-state index contributed by atoms with van der Waals surface area (Å²) in [5.41, 5.74) is 9.17. The fraction of sp³-hybridized carbons (Fsp3) is 0.400. The summed E-state index contributed by atoms with van der Waals surface area (Å²) in [6, 6.07) is 6.78. The van der Waals surface area contributed by atoms with Crippen LogP contribution < -0.4 is 5.73 Å². The molecule has 0 amide bonds. The van der Waals surface area contributed by atoms with Crippen molar-refractivity contribution >= 4 is 15.9 Å². The number of nitrogens with two attached hydrogens (primary N) is 1. The molecule has 0 aliphatic rings. The molecular formula is C15H19BrFN3. The molecule has 0 aliphatic heterocycles. The van der Waals surface area contributed by atoms with Crippen LogP contribution in [0.3, 0.4) is 0 Å². The predicted octanol–water partition coefficient (Wildman–Crippen LogP) is 3.61. The summed E-state index contributed by atoms with van der Waals surface area (Å²) in [5, 5.41) is 4.51. The molecule has 1 unspecified atom stereocenters. The molecule has 0 aliphatic carbocycles. The second kappa shape index (κ2) is 6.50. The van der Waals surface area contributed by atoms with E-state index in [0.29, 0.717) is 10.9 Å². The molecule has 1 aromatic heterocycles. The van der Waals surface area contributed by atoms with Gasteiger partial charge in [0.1, 0.15) is 5.82 Å². The number of rotatable bonds is 5. The van der Waals surface area contributed by atoms with Crippen molar-refractivity contribution in [2.75, 3.05) is 0 Å². The lowest BCUT2D eigenvalue weighted by atomic mass is 10.0. The van der Waals surface area contributed by atoms with Crippen molar-refractivity contribution < 1.29 is 4.39 Å². The van der Waals surface area contributed by atoms with Crippen LogP contribution in [0, 0.1) is 5.82 Å². The molecule has 0 saturated heterocycles. The first kappa shape index (κ1) is 15.2. The number of benzene rings is 1. The standard InChI is InChI=1S/C15H19BrFN3/c1-3-10-8-11(20(4-2)19-10)9-14(18)12-6-5-7-13(17)15(12)16/h5-8,14H,3-4,9,18H2,1-2H3. The van der Waals surface area contributed by atoms with Crippen LogP contribution in [0.25, 0.3) is 0 Å². The van der Waals surface area contributed by atoms with Gasteiger partial charge in [-0.15, -0.1) is 0 Å². The van der Waals surface area contributed by atoms with Crippen molar-refractivity contribution in [2.45, 2.75) is 39.3 Å². The summed E-state index contributed by atoms with van der Waals surface area (Å²) in [6.07, 6.45) is 1.54. The van der Waals surface area contributed by atoms with Gasteiger partial charge in [0.15, 0.2) is 0 Å². The van der Waals surface area contributed by atoms with Crippen molar-refractivity contribution in [3.8, 4) is 0 Å². The van der Waals surface area contributed by atoms with Crippen LogP contribution in [0.4, 0.5) is 4.39 Å². The van der Waals surface area contributed by atoms with Crippen LogP contribution in [0.1, 0.15) is 36.8 Å². The Balaban J connectivity index is 2.25. The van der Waals surface area contributed by atoms with Crippen LogP contribution >= 0.6 is 15.9 Å². The SMILES string of the molecule is CCc1cc(CC(N)c2cccc(F)c2Br)n(CC)n1. The molecule has 0 bridgehead atoms. The van der Waals surface area contributed by atoms with E-state index in [1.807, 2.05) is 10.7 Å². The van der Waals surface area contributed by atoms with E-state index in [2.05, 4.69) is 40.9 Å². The minimum absolute atomic E-state index is 0.258. The van der Waals surface area contributed by atoms with Crippen LogP contribution in [0.15, 0.2) is 28.7 Å². The summed E-state index contributed by atoms with van der Waals surface area (Å²) in [4.78, 5) is 0. The Hall–Kier alpha value is -1.20. The van der Waals surface area contributed by atoms with Crippen molar-refractivity contribution in [1.29, 1.82) is 0 Å². The largest absolute Gasteiger partial charge is 0.324 e. The monoisotopic (exact) mass is 339 g/mol. The van der Waals surface area contributed by atoms with E-state index in [1.165, 1.54) is 6.07 Å². The average Bonchev–Trinajstić information content (AvgIpc) is 2.84. The number of halogens is 2. The van der Waals surface area contributed by atoms with Crippen LogP contribution in [-0.4, -0.2) is 9.78 Å². The van der Waals surface area contributed by atoms with Gasteiger partial charge in [-0.3, -0.25) is 4.68 Å². The Morgan fingerprint density at radius 2 is 2.15 bits per heavy atom. The van der Waals surface area contributed by atoms with Gasteiger partial charge >= 0.3 is 0 Å². The van der Waals surface area contributed by atoms with E-state index in [9.17, 15) is 4.39 Å². The highest BCUT2D eigenvalue weighted by Gasteiger charge is 2.16. The third kappa shape index (κ3) is 3.10. The summed E-state index contributed by atoms with van der Waals surface area (Å²) in [5.74, 6) is -0.281. The Morgan fingerprint density at radius 1 is 1.40 bits per heavy atom. The van der Waals surface area contributed by atoms with Gasteiger partial charge in [-0.25, -0.2) is 4.39 Å². The van der Waals surface area contributed by atoms with Gasteiger partial charge in [0, 0.05) is 24.7 Å². The summed E-state index contributed by atoms with van der Waals surface area (Å²) >= 11 is 3.27. The first-order chi connectivity index (χ1) is 9.56. The van der Waals surface area contributed by atoms with Crippen LogP contribution in [0.5, 0.6) is 0 Å². The molecule has 0 fully saturated rings. The van der Waals surface area contributed by atoms with Crippen molar-refractivity contribution in [2.24, 2.45) is 5.73 Å². The Bertz CT molecular complexity index is 595.